The molecule has 2 heterocycles. The molecular weight excluding hydrogens is 569 g/mol. The molecule has 1 saturated heterocycles. The lowest BCUT2D eigenvalue weighted by Crippen LogP contribution is -2.56. The molecular formula is C26H18BrCl2N3O4. The summed E-state index contributed by atoms with van der Waals surface area (Å²) in [4.78, 5) is 27.0. The van der Waals surface area contributed by atoms with Crippen molar-refractivity contribution in [2.24, 2.45) is 0 Å². The van der Waals surface area contributed by atoms with Gasteiger partial charge < -0.3 is 9.15 Å². The Hall–Kier alpha value is -3.20. The lowest BCUT2D eigenvalue weighted by atomic mass is 9.94. The van der Waals surface area contributed by atoms with Crippen LogP contribution in [0.2, 0.25) is 5.02 Å². The molecule has 182 valence electrons. The van der Waals surface area contributed by atoms with Crippen molar-refractivity contribution in [2.45, 2.75) is 24.9 Å². The van der Waals surface area contributed by atoms with Crippen molar-refractivity contribution in [1.29, 1.82) is 0 Å². The standard InChI is InChI=1S/C26H18BrCl2N3O4/c1-14-8-9-20(19(10-14)24(33)16-5-3-7-18(28)12-16)35-13-21-30-31-26(36-21)32-23(22(29)25(32)34)15-4-2-6-17(27)11-15/h2-12,22-23H,13H2,1H3. The highest BCUT2D eigenvalue weighted by Crippen LogP contribution is 2.42. The Kier molecular flexibility index (Phi) is 6.83. The van der Waals surface area contributed by atoms with E-state index in [1.165, 1.54) is 4.90 Å². The first-order valence-corrected chi connectivity index (χ1v) is 12.5. The lowest BCUT2D eigenvalue weighted by molar-refractivity contribution is -0.124. The smallest absolute Gasteiger partial charge is 0.325 e. The monoisotopic (exact) mass is 585 g/mol. The van der Waals surface area contributed by atoms with E-state index >= 15 is 0 Å². The van der Waals surface area contributed by atoms with Crippen LogP contribution < -0.4 is 9.64 Å². The number of rotatable bonds is 7. The Labute approximate surface area is 225 Å². The van der Waals surface area contributed by atoms with Crippen LogP contribution in [0.1, 0.15) is 39.0 Å². The fraction of sp³-hybridized carbons (Fsp3) is 0.154. The van der Waals surface area contributed by atoms with Crippen LogP contribution in [-0.4, -0.2) is 27.3 Å². The fourth-order valence-electron chi connectivity index (χ4n) is 3.95. The molecule has 1 aliphatic heterocycles. The molecule has 2 atom stereocenters. The zero-order valence-corrected chi connectivity index (χ0v) is 21.9. The first-order valence-electron chi connectivity index (χ1n) is 10.9. The number of hydrogen-bond donors (Lipinski definition) is 0. The highest BCUT2D eigenvalue weighted by molar-refractivity contribution is 9.10. The average molecular weight is 587 g/mol. The van der Waals surface area contributed by atoms with E-state index in [0.29, 0.717) is 21.9 Å². The molecule has 3 aromatic carbocycles. The number of hydrogen-bond acceptors (Lipinski definition) is 6. The van der Waals surface area contributed by atoms with Crippen LogP contribution in [0.3, 0.4) is 0 Å². The van der Waals surface area contributed by atoms with Crippen molar-refractivity contribution >= 4 is 56.8 Å². The molecule has 36 heavy (non-hydrogen) atoms. The van der Waals surface area contributed by atoms with Crippen molar-refractivity contribution in [2.75, 3.05) is 4.90 Å². The Morgan fingerprint density at radius 1 is 1.11 bits per heavy atom. The summed E-state index contributed by atoms with van der Waals surface area (Å²) < 4.78 is 12.5. The van der Waals surface area contributed by atoms with Crippen LogP contribution in [0.5, 0.6) is 5.75 Å². The van der Waals surface area contributed by atoms with Gasteiger partial charge in [0, 0.05) is 15.1 Å². The number of alkyl halides is 1. The molecule has 0 radical (unpaired) electrons. The lowest BCUT2D eigenvalue weighted by Gasteiger charge is -2.41. The number of benzene rings is 3. The number of nitrogens with zero attached hydrogens (tertiary/aromatic N) is 3. The maximum Gasteiger partial charge on any atom is 0.325 e. The Morgan fingerprint density at radius 2 is 1.92 bits per heavy atom. The van der Waals surface area contributed by atoms with E-state index in [2.05, 4.69) is 26.1 Å². The minimum Gasteiger partial charge on any atom is -0.483 e. The normalized spacial score (nSPS) is 17.1. The SMILES string of the molecule is Cc1ccc(OCc2nnc(N3C(=O)C(Cl)C3c3cccc(Br)c3)o2)c(C(=O)c2cccc(Cl)c2)c1. The van der Waals surface area contributed by atoms with E-state index in [9.17, 15) is 9.59 Å². The van der Waals surface area contributed by atoms with Gasteiger partial charge in [-0.15, -0.1) is 16.7 Å². The van der Waals surface area contributed by atoms with E-state index in [0.717, 1.165) is 15.6 Å². The van der Waals surface area contributed by atoms with Crippen LogP contribution in [0.15, 0.2) is 75.6 Å². The molecule has 0 aliphatic carbocycles. The van der Waals surface area contributed by atoms with E-state index < -0.39 is 11.4 Å². The number of halogens is 3. The number of aromatic nitrogens is 2. The van der Waals surface area contributed by atoms with Gasteiger partial charge >= 0.3 is 6.01 Å². The summed E-state index contributed by atoms with van der Waals surface area (Å²) in [6, 6.07) is 19.1. The second-order valence-electron chi connectivity index (χ2n) is 8.22. The number of aryl methyl sites for hydroxylation is 1. The van der Waals surface area contributed by atoms with Gasteiger partial charge in [0.25, 0.3) is 11.8 Å². The summed E-state index contributed by atoms with van der Waals surface area (Å²) in [5.74, 6) is -0.0481. The van der Waals surface area contributed by atoms with Gasteiger partial charge in [-0.05, 0) is 48.9 Å². The predicted molar refractivity (Wildman–Crippen MR) is 139 cm³/mol. The van der Waals surface area contributed by atoms with Gasteiger partial charge in [0.2, 0.25) is 0 Å². The van der Waals surface area contributed by atoms with Gasteiger partial charge in [0.05, 0.1) is 11.6 Å². The Morgan fingerprint density at radius 3 is 2.69 bits per heavy atom. The summed E-state index contributed by atoms with van der Waals surface area (Å²) in [7, 11) is 0. The predicted octanol–water partition coefficient (Wildman–Crippen LogP) is 6.30. The molecule has 4 aromatic rings. The highest BCUT2D eigenvalue weighted by atomic mass is 79.9. The van der Waals surface area contributed by atoms with Crippen LogP contribution in [-0.2, 0) is 11.4 Å². The summed E-state index contributed by atoms with van der Waals surface area (Å²) in [6.07, 6.45) is 0. The first kappa shape index (κ1) is 24.5. The number of ketones is 1. The summed E-state index contributed by atoms with van der Waals surface area (Å²) in [6.45, 7) is 1.79. The molecule has 0 bridgehead atoms. The summed E-state index contributed by atoms with van der Waals surface area (Å²) >= 11 is 15.8. The molecule has 1 fully saturated rings. The zero-order chi connectivity index (χ0) is 25.4. The molecule has 2 unspecified atom stereocenters. The van der Waals surface area contributed by atoms with Gasteiger partial charge in [0.1, 0.15) is 11.1 Å². The Balaban J connectivity index is 1.34. The molecule has 0 saturated carbocycles. The number of β-lactam (4-membered cyclic amide) rings is 1. The second kappa shape index (κ2) is 10.0. The molecule has 7 nitrogen and oxygen atoms in total. The minimum absolute atomic E-state index is 0.0274. The van der Waals surface area contributed by atoms with Gasteiger partial charge in [-0.3, -0.25) is 14.5 Å². The zero-order valence-electron chi connectivity index (χ0n) is 18.8. The first-order chi connectivity index (χ1) is 17.3. The fourth-order valence-corrected chi connectivity index (χ4v) is 4.92. The van der Waals surface area contributed by atoms with Crippen LogP contribution >= 0.6 is 39.1 Å². The third-order valence-corrected chi connectivity index (χ3v) is 6.85. The maximum atomic E-state index is 13.1. The quantitative estimate of drug-likeness (QED) is 0.143. The molecule has 1 aromatic heterocycles. The van der Waals surface area contributed by atoms with Gasteiger partial charge in [-0.1, -0.05) is 68.5 Å². The number of carbonyl (C=O) groups excluding carboxylic acids is 2. The molecule has 1 aliphatic rings. The van der Waals surface area contributed by atoms with Crippen molar-refractivity contribution in [3.63, 3.8) is 0 Å². The van der Waals surface area contributed by atoms with Gasteiger partial charge in [-0.2, -0.15) is 0 Å². The Bertz CT molecular complexity index is 1480. The summed E-state index contributed by atoms with van der Waals surface area (Å²) in [5, 5.41) is 7.76. The summed E-state index contributed by atoms with van der Waals surface area (Å²) in [5.41, 5.74) is 2.57. The van der Waals surface area contributed by atoms with Crippen molar-refractivity contribution in [1.82, 2.24) is 10.2 Å². The topological polar surface area (TPSA) is 85.5 Å². The van der Waals surface area contributed by atoms with E-state index in [1.807, 2.05) is 37.3 Å². The van der Waals surface area contributed by atoms with E-state index in [-0.39, 0.29) is 30.2 Å². The second-order valence-corrected chi connectivity index (χ2v) is 10.0. The van der Waals surface area contributed by atoms with E-state index in [4.69, 9.17) is 32.4 Å². The maximum absolute atomic E-state index is 13.1. The number of ether oxygens (including phenoxy) is 1. The molecule has 0 spiro atoms. The van der Waals surface area contributed by atoms with E-state index in [1.54, 1.807) is 36.4 Å². The van der Waals surface area contributed by atoms with Crippen LogP contribution in [0.4, 0.5) is 6.01 Å². The number of carbonyl (C=O) groups is 2. The van der Waals surface area contributed by atoms with Gasteiger partial charge in [-0.25, -0.2) is 0 Å². The third-order valence-electron chi connectivity index (χ3n) is 5.70. The van der Waals surface area contributed by atoms with Crippen molar-refractivity contribution in [3.8, 4) is 5.75 Å². The number of amides is 1. The number of anilines is 1. The van der Waals surface area contributed by atoms with Gasteiger partial charge in [0.15, 0.2) is 12.4 Å². The average Bonchev–Trinajstić information content (AvgIpc) is 3.33. The van der Waals surface area contributed by atoms with Crippen LogP contribution in [0, 0.1) is 6.92 Å². The third kappa shape index (κ3) is 4.76. The molecule has 1 amide bonds. The van der Waals surface area contributed by atoms with Crippen molar-refractivity contribution < 1.29 is 18.7 Å². The minimum atomic E-state index is -0.737. The molecule has 10 heteroatoms. The van der Waals surface area contributed by atoms with Crippen LogP contribution in [0.25, 0.3) is 0 Å². The van der Waals surface area contributed by atoms with Crippen molar-refractivity contribution in [3.05, 3.63) is 104 Å². The molecule has 0 N–H and O–H groups in total. The highest BCUT2D eigenvalue weighted by Gasteiger charge is 2.50. The molecule has 5 rings (SSSR count). The largest absolute Gasteiger partial charge is 0.483 e.